The zero-order valence-electron chi connectivity index (χ0n) is 26.4. The van der Waals surface area contributed by atoms with Gasteiger partial charge in [0, 0.05) is 30.8 Å². The Morgan fingerprint density at radius 2 is 0.938 bits per heavy atom. The van der Waals surface area contributed by atoms with Crippen molar-refractivity contribution < 1.29 is 0 Å². The molecule has 2 aromatic heterocycles. The summed E-state index contributed by atoms with van der Waals surface area (Å²) in [5, 5.41) is 7.29. The number of aryl methyl sites for hydroxylation is 2. The molecule has 0 atom stereocenters. The van der Waals surface area contributed by atoms with E-state index in [1.165, 1.54) is 26.9 Å². The van der Waals surface area contributed by atoms with E-state index in [0.717, 1.165) is 44.2 Å². The van der Waals surface area contributed by atoms with Crippen LogP contribution in [0.5, 0.6) is 0 Å². The summed E-state index contributed by atoms with van der Waals surface area (Å²) in [5.41, 5.74) is 6.50. The molecule has 0 fully saturated rings. The molecular weight excluding hydrogens is 590 g/mol. The fourth-order valence-corrected chi connectivity index (χ4v) is 6.84. The summed E-state index contributed by atoms with van der Waals surface area (Å²) in [7, 11) is 3.60. The highest BCUT2D eigenvalue weighted by Crippen LogP contribution is 2.34. The molecule has 6 nitrogen and oxygen atoms in total. The summed E-state index contributed by atoms with van der Waals surface area (Å²) in [4.78, 5) is 27.6. The first-order valence-corrected chi connectivity index (χ1v) is 15.9. The fraction of sp³-hybridized carbons (Fsp3) is 0.0476. The summed E-state index contributed by atoms with van der Waals surface area (Å²) < 4.78 is 3.35. The summed E-state index contributed by atoms with van der Waals surface area (Å²) in [5.74, 6) is 1.83. The van der Waals surface area contributed by atoms with Crippen molar-refractivity contribution in [2.24, 2.45) is 14.1 Å². The Kier molecular flexibility index (Phi) is 6.30. The average molecular weight is 620 g/mol. The molecule has 0 aliphatic rings. The maximum absolute atomic E-state index is 12.6. The molecule has 0 bridgehead atoms. The second kappa shape index (κ2) is 10.9. The van der Waals surface area contributed by atoms with Crippen molar-refractivity contribution in [3.05, 3.63) is 150 Å². The lowest BCUT2D eigenvalue weighted by Crippen LogP contribution is -2.19. The summed E-state index contributed by atoms with van der Waals surface area (Å²) in [6.45, 7) is 0. The SMILES string of the molecule is Cn1c(=O)n(C)c2cc(-c3cccc(-c4nc(-c5ccccc5)nc(-c5ccc6c(ccc7c8ccccc8ccc67)c5)n4)c3)ccc21. The van der Waals surface area contributed by atoms with Crippen LogP contribution in [-0.4, -0.2) is 24.1 Å². The van der Waals surface area contributed by atoms with E-state index >= 15 is 0 Å². The molecule has 0 aliphatic heterocycles. The maximum atomic E-state index is 12.6. The first kappa shape index (κ1) is 27.9. The summed E-state index contributed by atoms with van der Waals surface area (Å²) >= 11 is 0. The third-order valence-electron chi connectivity index (χ3n) is 9.39. The zero-order chi connectivity index (χ0) is 32.4. The van der Waals surface area contributed by atoms with Gasteiger partial charge in [-0.1, -0.05) is 115 Å². The van der Waals surface area contributed by atoms with Crippen LogP contribution in [0.25, 0.3) is 88.6 Å². The molecule has 228 valence electrons. The Labute approximate surface area is 276 Å². The lowest BCUT2D eigenvalue weighted by atomic mass is 9.96. The Hall–Kier alpha value is -6.40. The van der Waals surface area contributed by atoms with Gasteiger partial charge in [-0.25, -0.2) is 19.7 Å². The molecule has 0 spiro atoms. The third kappa shape index (κ3) is 4.49. The van der Waals surface area contributed by atoms with Crippen molar-refractivity contribution >= 4 is 43.4 Å². The standard InChI is InChI=1S/C42H29N5O/c1-46-37-22-18-29(25-38(37)47(2)42(46)48)28-12-8-13-31(23-28)40-43-39(27-10-4-3-5-11-27)44-41(45-40)32-17-19-34-30(24-32)16-21-35-33-14-7-6-9-26(33)15-20-36(34)35/h3-25H,1-2H3. The molecule has 7 aromatic carbocycles. The maximum Gasteiger partial charge on any atom is 0.328 e. The first-order chi connectivity index (χ1) is 23.5. The minimum Gasteiger partial charge on any atom is -0.295 e. The van der Waals surface area contributed by atoms with Crippen LogP contribution in [0.1, 0.15) is 0 Å². The Balaban J connectivity index is 1.18. The van der Waals surface area contributed by atoms with Gasteiger partial charge in [0.25, 0.3) is 0 Å². The van der Waals surface area contributed by atoms with Crippen LogP contribution in [0.15, 0.2) is 144 Å². The predicted molar refractivity (Wildman–Crippen MR) is 196 cm³/mol. The van der Waals surface area contributed by atoms with Gasteiger partial charge in [-0.05, 0) is 67.7 Å². The van der Waals surface area contributed by atoms with Crippen LogP contribution in [0.3, 0.4) is 0 Å². The minimum atomic E-state index is -0.0440. The number of hydrogen-bond donors (Lipinski definition) is 0. The molecule has 9 rings (SSSR count). The number of rotatable bonds is 4. The van der Waals surface area contributed by atoms with Gasteiger partial charge >= 0.3 is 5.69 Å². The quantitative estimate of drug-likeness (QED) is 0.184. The molecule has 0 radical (unpaired) electrons. The van der Waals surface area contributed by atoms with Gasteiger partial charge in [0.05, 0.1) is 11.0 Å². The van der Waals surface area contributed by atoms with Crippen molar-refractivity contribution in [3.8, 4) is 45.3 Å². The van der Waals surface area contributed by atoms with Gasteiger partial charge in [0.1, 0.15) is 0 Å². The van der Waals surface area contributed by atoms with Gasteiger partial charge in [-0.15, -0.1) is 0 Å². The smallest absolute Gasteiger partial charge is 0.295 e. The number of hydrogen-bond acceptors (Lipinski definition) is 4. The number of aromatic nitrogens is 5. The molecule has 9 aromatic rings. The molecule has 6 heteroatoms. The number of benzene rings is 7. The summed E-state index contributed by atoms with van der Waals surface area (Å²) in [6.07, 6.45) is 0. The van der Waals surface area contributed by atoms with Crippen molar-refractivity contribution in [3.63, 3.8) is 0 Å². The van der Waals surface area contributed by atoms with Gasteiger partial charge in [0.15, 0.2) is 17.5 Å². The summed E-state index contributed by atoms with van der Waals surface area (Å²) in [6, 6.07) is 48.2. The van der Waals surface area contributed by atoms with Gasteiger partial charge in [0.2, 0.25) is 0 Å². The number of fused-ring (bicyclic) bond motifs is 6. The topological polar surface area (TPSA) is 65.6 Å². The zero-order valence-corrected chi connectivity index (χ0v) is 26.4. The van der Waals surface area contributed by atoms with Crippen LogP contribution in [0, 0.1) is 0 Å². The van der Waals surface area contributed by atoms with Gasteiger partial charge in [-0.3, -0.25) is 9.13 Å². The Bertz CT molecular complexity index is 2780. The van der Waals surface area contributed by atoms with E-state index in [1.807, 2.05) is 48.5 Å². The molecule has 48 heavy (non-hydrogen) atoms. The van der Waals surface area contributed by atoms with Gasteiger partial charge in [-0.2, -0.15) is 0 Å². The molecule has 0 saturated heterocycles. The molecule has 0 N–H and O–H groups in total. The highest BCUT2D eigenvalue weighted by atomic mass is 16.1. The largest absolute Gasteiger partial charge is 0.328 e. The number of imidazole rings is 1. The van der Waals surface area contributed by atoms with E-state index in [9.17, 15) is 4.79 Å². The van der Waals surface area contributed by atoms with Crippen molar-refractivity contribution in [1.29, 1.82) is 0 Å². The molecule has 2 heterocycles. The van der Waals surface area contributed by atoms with E-state index < -0.39 is 0 Å². The Morgan fingerprint density at radius 3 is 1.73 bits per heavy atom. The normalized spacial score (nSPS) is 11.6. The minimum absolute atomic E-state index is 0.0440. The van der Waals surface area contributed by atoms with E-state index in [-0.39, 0.29) is 5.69 Å². The lowest BCUT2D eigenvalue weighted by molar-refractivity contribution is 0.795. The van der Waals surface area contributed by atoms with Gasteiger partial charge < -0.3 is 0 Å². The number of nitrogens with zero attached hydrogens (tertiary/aromatic N) is 5. The van der Waals surface area contributed by atoms with Crippen molar-refractivity contribution in [1.82, 2.24) is 24.1 Å². The van der Waals surface area contributed by atoms with Crippen LogP contribution >= 0.6 is 0 Å². The van der Waals surface area contributed by atoms with Crippen LogP contribution < -0.4 is 5.69 Å². The van der Waals surface area contributed by atoms with E-state index in [2.05, 4.69) is 91.0 Å². The second-order valence-corrected chi connectivity index (χ2v) is 12.2. The Morgan fingerprint density at radius 1 is 0.396 bits per heavy atom. The van der Waals surface area contributed by atoms with Crippen molar-refractivity contribution in [2.75, 3.05) is 0 Å². The van der Waals surface area contributed by atoms with Crippen LogP contribution in [-0.2, 0) is 14.1 Å². The monoisotopic (exact) mass is 619 g/mol. The van der Waals surface area contributed by atoms with E-state index in [4.69, 9.17) is 15.0 Å². The fourth-order valence-electron chi connectivity index (χ4n) is 6.84. The third-order valence-corrected chi connectivity index (χ3v) is 9.39. The lowest BCUT2D eigenvalue weighted by Gasteiger charge is -2.11. The molecule has 0 unspecified atom stereocenters. The van der Waals surface area contributed by atoms with E-state index in [1.54, 1.807) is 23.2 Å². The molecule has 0 aliphatic carbocycles. The van der Waals surface area contributed by atoms with Crippen molar-refractivity contribution in [2.45, 2.75) is 0 Å². The van der Waals surface area contributed by atoms with Crippen LogP contribution in [0.2, 0.25) is 0 Å². The molecule has 0 amide bonds. The second-order valence-electron chi connectivity index (χ2n) is 12.2. The highest BCUT2D eigenvalue weighted by molar-refractivity contribution is 6.17. The van der Waals surface area contributed by atoms with E-state index in [0.29, 0.717) is 17.5 Å². The average Bonchev–Trinajstić information content (AvgIpc) is 3.37. The first-order valence-electron chi connectivity index (χ1n) is 15.9. The predicted octanol–water partition coefficient (Wildman–Crippen LogP) is 9.19. The molecule has 0 saturated carbocycles. The molecular formula is C42H29N5O. The van der Waals surface area contributed by atoms with Crippen LogP contribution in [0.4, 0.5) is 0 Å². The highest BCUT2D eigenvalue weighted by Gasteiger charge is 2.15.